The fraction of sp³-hybridized carbons (Fsp3) is 0.611. The summed E-state index contributed by atoms with van der Waals surface area (Å²) in [7, 11) is 1.65. The van der Waals surface area contributed by atoms with Gasteiger partial charge in [-0.3, -0.25) is 4.79 Å². The molecule has 2 heterocycles. The number of carbonyl (C=O) groups excluding carboxylic acids is 1. The van der Waals surface area contributed by atoms with Gasteiger partial charge in [0.25, 0.3) is 0 Å². The van der Waals surface area contributed by atoms with Crippen LogP contribution in [0.4, 0.5) is 0 Å². The summed E-state index contributed by atoms with van der Waals surface area (Å²) in [5.74, 6) is 1.66. The molecule has 0 bridgehead atoms. The third-order valence-electron chi connectivity index (χ3n) is 4.69. The molecule has 23 heavy (non-hydrogen) atoms. The van der Waals surface area contributed by atoms with Gasteiger partial charge in [-0.05, 0) is 69.1 Å². The fourth-order valence-corrected chi connectivity index (χ4v) is 3.33. The summed E-state index contributed by atoms with van der Waals surface area (Å²) in [5, 5.41) is 3.06. The first-order chi connectivity index (χ1) is 11.3. The summed E-state index contributed by atoms with van der Waals surface area (Å²) < 4.78 is 11.0. The van der Waals surface area contributed by atoms with Gasteiger partial charge >= 0.3 is 0 Å². The van der Waals surface area contributed by atoms with Crippen LogP contribution in [-0.4, -0.2) is 50.7 Å². The zero-order valence-electron chi connectivity index (χ0n) is 13.8. The molecule has 1 saturated heterocycles. The molecule has 1 atom stereocenters. The Kier molecular flexibility index (Phi) is 5.39. The number of rotatable bonds is 6. The van der Waals surface area contributed by atoms with Crippen molar-refractivity contribution in [1.82, 2.24) is 10.2 Å². The number of nitrogens with zero attached hydrogens (tertiary/aromatic N) is 1. The van der Waals surface area contributed by atoms with Crippen molar-refractivity contribution in [3.05, 3.63) is 23.8 Å². The van der Waals surface area contributed by atoms with Gasteiger partial charge in [-0.2, -0.15) is 0 Å². The van der Waals surface area contributed by atoms with Crippen molar-refractivity contribution in [2.24, 2.45) is 5.92 Å². The molecule has 1 fully saturated rings. The number of methoxy groups -OCH3 is 1. The van der Waals surface area contributed by atoms with E-state index < -0.39 is 0 Å². The van der Waals surface area contributed by atoms with E-state index in [9.17, 15) is 4.79 Å². The Bertz CT molecular complexity index is 541. The van der Waals surface area contributed by atoms with Gasteiger partial charge in [0.1, 0.15) is 18.1 Å². The van der Waals surface area contributed by atoms with Crippen molar-refractivity contribution in [1.29, 1.82) is 0 Å². The maximum absolute atomic E-state index is 12.3. The number of amides is 1. The molecular formula is C18H26N2O3. The topological polar surface area (TPSA) is 50.8 Å². The fourth-order valence-electron chi connectivity index (χ4n) is 3.33. The number of carbonyl (C=O) groups is 1. The van der Waals surface area contributed by atoms with Crippen LogP contribution in [0.1, 0.15) is 24.8 Å². The molecule has 1 N–H and O–H groups in total. The van der Waals surface area contributed by atoms with Crippen LogP contribution < -0.4 is 14.8 Å². The van der Waals surface area contributed by atoms with E-state index in [1.54, 1.807) is 7.11 Å². The van der Waals surface area contributed by atoms with Crippen molar-refractivity contribution in [3.63, 3.8) is 0 Å². The first kappa shape index (κ1) is 16.1. The Morgan fingerprint density at radius 3 is 3.00 bits per heavy atom. The number of nitrogens with one attached hydrogen (secondary N) is 1. The normalized spacial score (nSPS) is 20.7. The Labute approximate surface area is 137 Å². The number of hydrogen-bond acceptors (Lipinski definition) is 4. The quantitative estimate of drug-likeness (QED) is 0.813. The number of ether oxygens (including phenoxy) is 2. The van der Waals surface area contributed by atoms with Gasteiger partial charge < -0.3 is 19.7 Å². The highest BCUT2D eigenvalue weighted by atomic mass is 16.5. The Morgan fingerprint density at radius 2 is 2.22 bits per heavy atom. The molecule has 0 radical (unpaired) electrons. The van der Waals surface area contributed by atoms with Crippen LogP contribution in [-0.2, 0) is 11.2 Å². The molecule has 0 saturated carbocycles. The third kappa shape index (κ3) is 4.16. The predicted octanol–water partition coefficient (Wildman–Crippen LogP) is 1.85. The number of fused-ring (bicyclic) bond motifs is 1. The molecule has 2 aliphatic rings. The molecule has 5 heteroatoms. The number of likely N-dealkylation sites (tertiary alicyclic amines) is 1. The van der Waals surface area contributed by atoms with Crippen LogP contribution in [0.5, 0.6) is 11.5 Å². The Morgan fingerprint density at radius 1 is 1.39 bits per heavy atom. The van der Waals surface area contributed by atoms with Crippen LogP contribution in [0.15, 0.2) is 18.2 Å². The lowest BCUT2D eigenvalue weighted by Crippen LogP contribution is -2.38. The van der Waals surface area contributed by atoms with Crippen LogP contribution in [0, 0.1) is 5.92 Å². The zero-order valence-corrected chi connectivity index (χ0v) is 13.8. The second kappa shape index (κ2) is 7.68. The molecule has 1 aromatic rings. The molecular weight excluding hydrogens is 292 g/mol. The van der Waals surface area contributed by atoms with Gasteiger partial charge in [0.05, 0.1) is 13.0 Å². The SMILES string of the molecule is COc1ccc2c(c1)CC(C(=O)NCCCN1CCCC1)CO2. The van der Waals surface area contributed by atoms with E-state index in [4.69, 9.17) is 9.47 Å². The summed E-state index contributed by atoms with van der Waals surface area (Å²) in [4.78, 5) is 14.8. The molecule has 2 aliphatic heterocycles. The molecule has 126 valence electrons. The van der Waals surface area contributed by atoms with E-state index in [0.29, 0.717) is 13.0 Å². The minimum atomic E-state index is -0.110. The molecule has 0 aromatic heterocycles. The van der Waals surface area contributed by atoms with Gasteiger partial charge in [-0.1, -0.05) is 0 Å². The van der Waals surface area contributed by atoms with Crippen molar-refractivity contribution in [2.45, 2.75) is 25.7 Å². The second-order valence-electron chi connectivity index (χ2n) is 6.38. The van der Waals surface area contributed by atoms with Crippen molar-refractivity contribution in [3.8, 4) is 11.5 Å². The largest absolute Gasteiger partial charge is 0.497 e. The standard InChI is InChI=1S/C18H26N2O3/c1-22-16-5-6-17-14(12-16)11-15(13-23-17)18(21)19-7-4-10-20-8-2-3-9-20/h5-6,12,15H,2-4,7-11,13H2,1H3,(H,19,21). The van der Waals surface area contributed by atoms with Crippen molar-refractivity contribution in [2.75, 3.05) is 39.9 Å². The monoisotopic (exact) mass is 318 g/mol. The average molecular weight is 318 g/mol. The third-order valence-corrected chi connectivity index (χ3v) is 4.69. The van der Waals surface area contributed by atoms with Crippen molar-refractivity contribution >= 4 is 5.91 Å². The summed E-state index contributed by atoms with van der Waals surface area (Å²) in [6.45, 7) is 4.71. The molecule has 1 aromatic carbocycles. The van der Waals surface area contributed by atoms with Gasteiger partial charge in [0, 0.05) is 6.54 Å². The first-order valence-electron chi connectivity index (χ1n) is 8.56. The Hall–Kier alpha value is -1.75. The minimum absolute atomic E-state index is 0.0971. The maximum atomic E-state index is 12.3. The minimum Gasteiger partial charge on any atom is -0.497 e. The van der Waals surface area contributed by atoms with Gasteiger partial charge in [0.2, 0.25) is 5.91 Å². The molecule has 1 unspecified atom stereocenters. The highest BCUT2D eigenvalue weighted by Crippen LogP contribution is 2.30. The molecule has 3 rings (SSSR count). The van der Waals surface area contributed by atoms with E-state index in [0.717, 1.165) is 36.6 Å². The van der Waals surface area contributed by atoms with Gasteiger partial charge in [-0.15, -0.1) is 0 Å². The number of benzene rings is 1. The molecule has 0 spiro atoms. The molecule has 0 aliphatic carbocycles. The van der Waals surface area contributed by atoms with E-state index in [1.165, 1.54) is 25.9 Å². The van der Waals surface area contributed by atoms with E-state index in [1.807, 2.05) is 18.2 Å². The lowest BCUT2D eigenvalue weighted by molar-refractivity contribution is -0.126. The lowest BCUT2D eigenvalue weighted by atomic mass is 9.96. The Balaban J connectivity index is 1.44. The predicted molar refractivity (Wildman–Crippen MR) is 89.0 cm³/mol. The lowest BCUT2D eigenvalue weighted by Gasteiger charge is -2.25. The molecule has 5 nitrogen and oxygen atoms in total. The maximum Gasteiger partial charge on any atom is 0.226 e. The van der Waals surface area contributed by atoms with E-state index >= 15 is 0 Å². The van der Waals surface area contributed by atoms with Crippen LogP contribution in [0.25, 0.3) is 0 Å². The van der Waals surface area contributed by atoms with Gasteiger partial charge in [0.15, 0.2) is 0 Å². The highest BCUT2D eigenvalue weighted by molar-refractivity contribution is 5.79. The molecule has 1 amide bonds. The summed E-state index contributed by atoms with van der Waals surface area (Å²) >= 11 is 0. The summed E-state index contributed by atoms with van der Waals surface area (Å²) in [6, 6.07) is 5.76. The van der Waals surface area contributed by atoms with Crippen LogP contribution in [0.2, 0.25) is 0 Å². The van der Waals surface area contributed by atoms with Gasteiger partial charge in [-0.25, -0.2) is 0 Å². The summed E-state index contributed by atoms with van der Waals surface area (Å²) in [6.07, 6.45) is 4.36. The highest BCUT2D eigenvalue weighted by Gasteiger charge is 2.26. The average Bonchev–Trinajstić information content (AvgIpc) is 3.11. The van der Waals surface area contributed by atoms with Crippen molar-refractivity contribution < 1.29 is 14.3 Å². The first-order valence-corrected chi connectivity index (χ1v) is 8.56. The zero-order chi connectivity index (χ0) is 16.1. The summed E-state index contributed by atoms with van der Waals surface area (Å²) in [5.41, 5.74) is 1.05. The van der Waals surface area contributed by atoms with Crippen LogP contribution in [0.3, 0.4) is 0 Å². The second-order valence-corrected chi connectivity index (χ2v) is 6.38. The van der Waals surface area contributed by atoms with E-state index in [-0.39, 0.29) is 11.8 Å². The van der Waals surface area contributed by atoms with Crippen LogP contribution >= 0.6 is 0 Å². The number of hydrogen-bond donors (Lipinski definition) is 1. The smallest absolute Gasteiger partial charge is 0.226 e. The van der Waals surface area contributed by atoms with E-state index in [2.05, 4.69) is 10.2 Å².